The topological polar surface area (TPSA) is 105 Å². The molecular formula is C18H20ClN3O4S2. The molecule has 7 nitrogen and oxygen atoms in total. The first-order valence-electron chi connectivity index (χ1n) is 8.71. The van der Waals surface area contributed by atoms with Crippen molar-refractivity contribution in [1.29, 1.82) is 0 Å². The lowest BCUT2D eigenvalue weighted by Gasteiger charge is -2.11. The zero-order chi connectivity index (χ0) is 20.2. The van der Waals surface area contributed by atoms with E-state index in [1.807, 2.05) is 0 Å². The van der Waals surface area contributed by atoms with Gasteiger partial charge in [0.1, 0.15) is 5.84 Å². The first-order chi connectivity index (χ1) is 13.3. The molecule has 0 spiro atoms. The van der Waals surface area contributed by atoms with Crippen molar-refractivity contribution < 1.29 is 16.8 Å². The number of sulfonamides is 2. The molecule has 0 saturated carbocycles. The maximum atomic E-state index is 12.5. The minimum atomic E-state index is -3.80. The second-order valence-corrected chi connectivity index (χ2v) is 10.1. The molecule has 2 N–H and O–H groups in total. The zero-order valence-electron chi connectivity index (χ0n) is 14.9. The monoisotopic (exact) mass is 441 g/mol. The Morgan fingerprint density at radius 2 is 1.32 bits per heavy atom. The van der Waals surface area contributed by atoms with Crippen LogP contribution in [0.15, 0.2) is 63.3 Å². The largest absolute Gasteiger partial charge is 0.280 e. The summed E-state index contributed by atoms with van der Waals surface area (Å²) in [7, 11) is -7.56. The maximum Gasteiger partial charge on any atom is 0.262 e. The molecule has 0 aliphatic carbocycles. The van der Waals surface area contributed by atoms with Gasteiger partial charge in [0.2, 0.25) is 0 Å². The van der Waals surface area contributed by atoms with Crippen LogP contribution in [-0.2, 0) is 20.0 Å². The van der Waals surface area contributed by atoms with E-state index in [1.165, 1.54) is 48.5 Å². The van der Waals surface area contributed by atoms with E-state index >= 15 is 0 Å². The third-order valence-corrected chi connectivity index (χ3v) is 7.21. The SMILES string of the molecule is O=S(=O)(NC1=NCCCCC1)c1ccc(NS(=O)(=O)c2ccc(Cl)cc2)cc1. The molecule has 0 unspecified atom stereocenters. The van der Waals surface area contributed by atoms with Gasteiger partial charge in [-0.05, 0) is 61.4 Å². The molecule has 150 valence electrons. The van der Waals surface area contributed by atoms with Crippen molar-refractivity contribution in [3.8, 4) is 0 Å². The van der Waals surface area contributed by atoms with Gasteiger partial charge in [-0.15, -0.1) is 0 Å². The molecule has 1 heterocycles. The summed E-state index contributed by atoms with van der Waals surface area (Å²) in [5.74, 6) is 0.463. The van der Waals surface area contributed by atoms with E-state index in [0.29, 0.717) is 23.8 Å². The van der Waals surface area contributed by atoms with Crippen LogP contribution < -0.4 is 9.44 Å². The summed E-state index contributed by atoms with van der Waals surface area (Å²) in [5, 5.41) is 0.430. The van der Waals surface area contributed by atoms with Gasteiger partial charge in [-0.2, -0.15) is 0 Å². The minimum Gasteiger partial charge on any atom is -0.280 e. The molecule has 0 fully saturated rings. The van der Waals surface area contributed by atoms with Gasteiger partial charge in [-0.3, -0.25) is 14.4 Å². The van der Waals surface area contributed by atoms with Gasteiger partial charge in [-0.25, -0.2) is 16.8 Å². The number of nitrogens with zero attached hydrogens (tertiary/aromatic N) is 1. The molecule has 0 amide bonds. The summed E-state index contributed by atoms with van der Waals surface area (Å²) in [6.45, 7) is 0.614. The lowest BCUT2D eigenvalue weighted by molar-refractivity contribution is 0.591. The van der Waals surface area contributed by atoms with Crippen molar-refractivity contribution in [2.24, 2.45) is 4.99 Å². The summed E-state index contributed by atoms with van der Waals surface area (Å²) in [4.78, 5) is 4.36. The van der Waals surface area contributed by atoms with Crippen molar-refractivity contribution in [3.63, 3.8) is 0 Å². The molecule has 10 heteroatoms. The quantitative estimate of drug-likeness (QED) is 0.741. The van der Waals surface area contributed by atoms with Crippen molar-refractivity contribution in [2.75, 3.05) is 11.3 Å². The Morgan fingerprint density at radius 3 is 1.96 bits per heavy atom. The van der Waals surface area contributed by atoms with E-state index in [2.05, 4.69) is 14.4 Å². The molecule has 0 radical (unpaired) electrons. The van der Waals surface area contributed by atoms with Gasteiger partial charge in [0.15, 0.2) is 0 Å². The lowest BCUT2D eigenvalue weighted by atomic mass is 10.2. The molecule has 0 atom stereocenters. The summed E-state index contributed by atoms with van der Waals surface area (Å²) < 4.78 is 54.8. The highest BCUT2D eigenvalue weighted by Crippen LogP contribution is 2.20. The van der Waals surface area contributed by atoms with Crippen LogP contribution in [-0.4, -0.2) is 29.2 Å². The van der Waals surface area contributed by atoms with Crippen molar-refractivity contribution in [2.45, 2.75) is 35.5 Å². The average molecular weight is 442 g/mol. The van der Waals surface area contributed by atoms with E-state index in [-0.39, 0.29) is 15.5 Å². The van der Waals surface area contributed by atoms with E-state index in [0.717, 1.165) is 19.3 Å². The first kappa shape index (κ1) is 20.6. The van der Waals surface area contributed by atoms with E-state index < -0.39 is 20.0 Å². The second-order valence-electron chi connectivity index (χ2n) is 6.33. The van der Waals surface area contributed by atoms with Gasteiger partial charge < -0.3 is 0 Å². The summed E-state index contributed by atoms with van der Waals surface area (Å²) >= 11 is 5.77. The lowest BCUT2D eigenvalue weighted by Crippen LogP contribution is -2.30. The van der Waals surface area contributed by atoms with Gasteiger partial charge >= 0.3 is 0 Å². The fourth-order valence-corrected chi connectivity index (χ4v) is 4.98. The van der Waals surface area contributed by atoms with Crippen LogP contribution in [0.2, 0.25) is 5.02 Å². The molecule has 1 aliphatic heterocycles. The van der Waals surface area contributed by atoms with E-state index in [1.54, 1.807) is 0 Å². The van der Waals surface area contributed by atoms with Gasteiger partial charge in [0.25, 0.3) is 20.0 Å². The van der Waals surface area contributed by atoms with Crippen molar-refractivity contribution in [1.82, 2.24) is 4.72 Å². The molecule has 2 aromatic rings. The van der Waals surface area contributed by atoms with Gasteiger partial charge in [-0.1, -0.05) is 18.0 Å². The van der Waals surface area contributed by atoms with Gasteiger partial charge in [0, 0.05) is 23.7 Å². The Morgan fingerprint density at radius 1 is 0.750 bits per heavy atom. The standard InChI is InChI=1S/C18H20ClN3O4S2/c19-14-5-9-16(10-6-14)27(23,24)21-15-7-11-17(12-8-15)28(25,26)22-18-4-2-1-3-13-20-18/h5-12,21H,1-4,13H2,(H,20,22). The Hall–Kier alpha value is -2.10. The number of benzene rings is 2. The number of hydrogen-bond donors (Lipinski definition) is 2. The smallest absolute Gasteiger partial charge is 0.262 e. The Balaban J connectivity index is 1.73. The molecule has 3 rings (SSSR count). The van der Waals surface area contributed by atoms with Crippen LogP contribution in [0.3, 0.4) is 0 Å². The molecule has 1 aliphatic rings. The highest BCUT2D eigenvalue weighted by Gasteiger charge is 2.18. The number of amidine groups is 1. The molecular weight excluding hydrogens is 422 g/mol. The summed E-state index contributed by atoms with van der Waals surface area (Å²) in [5.41, 5.74) is 0.251. The average Bonchev–Trinajstić information content (AvgIpc) is 2.90. The number of hydrogen-bond acceptors (Lipinski definition) is 5. The normalized spacial score (nSPS) is 15.4. The number of nitrogens with one attached hydrogen (secondary N) is 2. The third-order valence-electron chi connectivity index (χ3n) is 4.17. The Kier molecular flexibility index (Phi) is 6.26. The number of anilines is 1. The van der Waals surface area contributed by atoms with E-state index in [4.69, 9.17) is 11.6 Å². The minimum absolute atomic E-state index is 0.0360. The van der Waals surface area contributed by atoms with Crippen molar-refractivity contribution in [3.05, 3.63) is 53.6 Å². The second kappa shape index (κ2) is 8.50. The van der Waals surface area contributed by atoms with Crippen LogP contribution in [0.1, 0.15) is 25.7 Å². The molecule has 2 aromatic carbocycles. The fraction of sp³-hybridized carbons (Fsp3) is 0.278. The number of aliphatic imine (C=N–C) groups is 1. The van der Waals surface area contributed by atoms with Crippen molar-refractivity contribution >= 4 is 43.2 Å². The summed E-state index contributed by atoms with van der Waals surface area (Å²) in [6.07, 6.45) is 3.47. The predicted octanol–water partition coefficient (Wildman–Crippen LogP) is 3.39. The third kappa shape index (κ3) is 5.24. The zero-order valence-corrected chi connectivity index (χ0v) is 17.3. The highest BCUT2D eigenvalue weighted by molar-refractivity contribution is 7.92. The van der Waals surface area contributed by atoms with Crippen LogP contribution in [0.5, 0.6) is 0 Å². The Labute approximate surface area is 169 Å². The van der Waals surface area contributed by atoms with Gasteiger partial charge in [0.05, 0.1) is 9.79 Å². The van der Waals surface area contributed by atoms with Crippen LogP contribution in [0, 0.1) is 0 Å². The molecule has 0 saturated heterocycles. The Bertz CT molecular complexity index is 1060. The maximum absolute atomic E-state index is 12.5. The number of rotatable bonds is 5. The van der Waals surface area contributed by atoms with Crippen LogP contribution in [0.25, 0.3) is 0 Å². The number of halogens is 1. The highest BCUT2D eigenvalue weighted by atomic mass is 35.5. The molecule has 0 bridgehead atoms. The van der Waals surface area contributed by atoms with Crippen LogP contribution >= 0.6 is 11.6 Å². The molecule has 0 aromatic heterocycles. The fourth-order valence-electron chi connectivity index (χ4n) is 2.70. The summed E-state index contributed by atoms with van der Waals surface area (Å²) in [6, 6.07) is 11.2. The predicted molar refractivity (Wildman–Crippen MR) is 110 cm³/mol. The molecule has 28 heavy (non-hydrogen) atoms. The van der Waals surface area contributed by atoms with E-state index in [9.17, 15) is 16.8 Å². The van der Waals surface area contributed by atoms with Crippen LogP contribution in [0.4, 0.5) is 5.69 Å². The first-order valence-corrected chi connectivity index (χ1v) is 12.1.